The largest absolute Gasteiger partial charge is 0.458 e. The minimum Gasteiger partial charge on any atom is -0.458 e. The second kappa shape index (κ2) is 15.4. The molecule has 2 N–H and O–H groups in total. The molecule has 0 aromatic rings. The Balaban J connectivity index is 1.62. The van der Waals surface area contributed by atoms with Crippen LogP contribution in [0.25, 0.3) is 0 Å². The normalized spacial score (nSPS) is 23.1. The molecular formula is C28H44N2O8. The highest BCUT2D eigenvalue weighted by Crippen LogP contribution is 2.52. The monoisotopic (exact) mass is 536 g/mol. The number of esters is 2. The van der Waals surface area contributed by atoms with Crippen molar-refractivity contribution in [2.24, 2.45) is 23.7 Å². The molecule has 0 aromatic carbocycles. The molecule has 2 rings (SSSR count). The first kappa shape index (κ1) is 31.2. The van der Waals surface area contributed by atoms with Gasteiger partial charge in [-0.1, -0.05) is 27.0 Å². The fraction of sp³-hybridized carbons (Fsp3) is 0.714. The number of amides is 2. The van der Waals surface area contributed by atoms with Crippen LogP contribution in [0.1, 0.15) is 66.2 Å². The summed E-state index contributed by atoms with van der Waals surface area (Å²) < 4.78 is 20.9. The van der Waals surface area contributed by atoms with E-state index in [4.69, 9.17) is 18.9 Å². The van der Waals surface area contributed by atoms with Crippen LogP contribution in [-0.4, -0.2) is 62.6 Å². The van der Waals surface area contributed by atoms with E-state index in [0.29, 0.717) is 60.7 Å². The molecule has 2 aliphatic rings. The Labute approximate surface area is 225 Å². The Hall–Kier alpha value is -3.04. The van der Waals surface area contributed by atoms with Gasteiger partial charge in [0.15, 0.2) is 0 Å². The summed E-state index contributed by atoms with van der Waals surface area (Å²) in [5, 5.41) is 5.69. The maximum absolute atomic E-state index is 12.3. The summed E-state index contributed by atoms with van der Waals surface area (Å²) in [6, 6.07) is 0. The van der Waals surface area contributed by atoms with E-state index < -0.39 is 36.3 Å². The molecule has 10 heteroatoms. The second-order valence-electron chi connectivity index (χ2n) is 10.5. The molecule has 0 spiro atoms. The Morgan fingerprint density at radius 1 is 0.763 bits per heavy atom. The number of nitrogens with one attached hydrogen (secondary N) is 2. The highest BCUT2D eigenvalue weighted by molar-refractivity contribution is 5.87. The molecule has 0 aromatic heterocycles. The maximum Gasteiger partial charge on any atom is 0.407 e. The van der Waals surface area contributed by atoms with E-state index in [2.05, 4.69) is 23.8 Å². The highest BCUT2D eigenvalue weighted by atomic mass is 16.6. The number of carbonyl (C=O) groups excluding carboxylic acids is 4. The van der Waals surface area contributed by atoms with E-state index in [-0.39, 0.29) is 13.2 Å². The zero-order valence-electron chi connectivity index (χ0n) is 23.2. The lowest BCUT2D eigenvalue weighted by Gasteiger charge is -2.28. The second-order valence-corrected chi connectivity index (χ2v) is 10.5. The fourth-order valence-electron chi connectivity index (χ4n) is 5.13. The Bertz CT molecular complexity index is 873. The number of hydrogen-bond acceptors (Lipinski definition) is 8. The van der Waals surface area contributed by atoms with Crippen molar-refractivity contribution in [2.75, 3.05) is 26.3 Å². The Kier molecular flexibility index (Phi) is 12.6. The van der Waals surface area contributed by atoms with Crippen molar-refractivity contribution >= 4 is 24.1 Å². The highest BCUT2D eigenvalue weighted by Gasteiger charge is 2.45. The predicted molar refractivity (Wildman–Crippen MR) is 141 cm³/mol. The van der Waals surface area contributed by atoms with Gasteiger partial charge in [-0.3, -0.25) is 0 Å². The van der Waals surface area contributed by atoms with Gasteiger partial charge in [0.25, 0.3) is 0 Å². The number of alkyl carbamates (subject to hydrolysis) is 2. The van der Waals surface area contributed by atoms with Gasteiger partial charge in [0.2, 0.25) is 0 Å². The summed E-state index contributed by atoms with van der Waals surface area (Å²) in [4.78, 5) is 47.5. The standard InChI is InChI=1S/C28H44N2O8/c1-7-23(15-35-25(31)17(3)4)37-27(33)29-10-9-19-11-21-12-20(19)13-22(21)14-30-28(34)38-24(8-2)16-36-26(32)18(5)6/h19-24H,3,5,7-16H2,1-2,4,6H3,(H,29,33)(H,30,34). The minimum atomic E-state index is -0.508. The number of rotatable bonds is 15. The SMILES string of the molecule is C=C(C)C(=O)OCC(CC)OC(=O)NCCC1CC2CC1CC2CNC(=O)OC(CC)COC(=O)C(=C)C. The molecule has 2 aliphatic carbocycles. The molecule has 6 atom stereocenters. The van der Waals surface area contributed by atoms with Crippen molar-refractivity contribution < 1.29 is 38.1 Å². The molecule has 10 nitrogen and oxygen atoms in total. The lowest BCUT2D eigenvalue weighted by Crippen LogP contribution is -2.36. The van der Waals surface area contributed by atoms with Crippen molar-refractivity contribution in [3.63, 3.8) is 0 Å². The summed E-state index contributed by atoms with van der Waals surface area (Å²) in [6.07, 6.45) is 3.20. The van der Waals surface area contributed by atoms with Crippen LogP contribution in [0, 0.1) is 23.7 Å². The molecule has 2 fully saturated rings. The molecule has 6 unspecified atom stereocenters. The minimum absolute atomic E-state index is 0.00647. The van der Waals surface area contributed by atoms with Crippen LogP contribution in [-0.2, 0) is 28.5 Å². The molecule has 0 saturated heterocycles. The van der Waals surface area contributed by atoms with E-state index in [1.807, 2.05) is 13.8 Å². The summed E-state index contributed by atoms with van der Waals surface area (Å²) in [5.41, 5.74) is 0.607. The van der Waals surface area contributed by atoms with Gasteiger partial charge in [-0.25, -0.2) is 19.2 Å². The molecule has 0 aliphatic heterocycles. The van der Waals surface area contributed by atoms with Crippen molar-refractivity contribution in [1.29, 1.82) is 0 Å². The molecule has 214 valence electrons. The van der Waals surface area contributed by atoms with Crippen LogP contribution >= 0.6 is 0 Å². The topological polar surface area (TPSA) is 129 Å². The van der Waals surface area contributed by atoms with E-state index in [9.17, 15) is 19.2 Å². The first-order valence-corrected chi connectivity index (χ1v) is 13.6. The molecule has 38 heavy (non-hydrogen) atoms. The zero-order valence-corrected chi connectivity index (χ0v) is 23.2. The molecule has 2 bridgehead atoms. The van der Waals surface area contributed by atoms with E-state index >= 15 is 0 Å². The van der Waals surface area contributed by atoms with Crippen molar-refractivity contribution in [3.8, 4) is 0 Å². The smallest absolute Gasteiger partial charge is 0.407 e. The quantitative estimate of drug-likeness (QED) is 0.180. The van der Waals surface area contributed by atoms with Gasteiger partial charge in [0, 0.05) is 24.2 Å². The van der Waals surface area contributed by atoms with Crippen molar-refractivity contribution in [2.45, 2.75) is 78.4 Å². The third-order valence-electron chi connectivity index (χ3n) is 7.40. The molecule has 2 amide bonds. The van der Waals surface area contributed by atoms with Gasteiger partial charge in [0.05, 0.1) is 0 Å². The zero-order chi connectivity index (χ0) is 28.2. The lowest BCUT2D eigenvalue weighted by atomic mass is 9.80. The first-order chi connectivity index (χ1) is 18.0. The van der Waals surface area contributed by atoms with Crippen LogP contribution in [0.4, 0.5) is 9.59 Å². The van der Waals surface area contributed by atoms with Gasteiger partial charge in [-0.15, -0.1) is 0 Å². The Morgan fingerprint density at radius 3 is 1.68 bits per heavy atom. The number of carbonyl (C=O) groups is 4. The number of ether oxygens (including phenoxy) is 4. The summed E-state index contributed by atoms with van der Waals surface area (Å²) in [7, 11) is 0. The summed E-state index contributed by atoms with van der Waals surface area (Å²) in [5.74, 6) is 1.08. The Morgan fingerprint density at radius 2 is 1.24 bits per heavy atom. The van der Waals surface area contributed by atoms with E-state index in [1.165, 1.54) is 0 Å². The van der Waals surface area contributed by atoms with E-state index in [0.717, 1.165) is 25.7 Å². The third kappa shape index (κ3) is 10.0. The van der Waals surface area contributed by atoms with Crippen molar-refractivity contribution in [3.05, 3.63) is 24.3 Å². The molecule has 0 radical (unpaired) electrons. The average molecular weight is 537 g/mol. The summed E-state index contributed by atoms with van der Waals surface area (Å²) in [6.45, 7) is 15.0. The van der Waals surface area contributed by atoms with Crippen LogP contribution in [0.15, 0.2) is 24.3 Å². The van der Waals surface area contributed by atoms with Crippen molar-refractivity contribution in [1.82, 2.24) is 10.6 Å². The molecular weight excluding hydrogens is 492 g/mol. The van der Waals surface area contributed by atoms with Gasteiger partial charge < -0.3 is 29.6 Å². The molecule has 0 heterocycles. The third-order valence-corrected chi connectivity index (χ3v) is 7.40. The predicted octanol–water partition coefficient (Wildman–Crippen LogP) is 4.29. The van der Waals surface area contributed by atoms with Crippen LogP contribution in [0.2, 0.25) is 0 Å². The lowest BCUT2D eigenvalue weighted by molar-refractivity contribution is -0.142. The van der Waals surface area contributed by atoms with Crippen LogP contribution < -0.4 is 10.6 Å². The fourth-order valence-corrected chi connectivity index (χ4v) is 5.13. The van der Waals surface area contributed by atoms with E-state index in [1.54, 1.807) is 13.8 Å². The maximum atomic E-state index is 12.3. The number of hydrogen-bond donors (Lipinski definition) is 2. The summed E-state index contributed by atoms with van der Waals surface area (Å²) >= 11 is 0. The molecule has 2 saturated carbocycles. The van der Waals surface area contributed by atoms with Crippen LogP contribution in [0.5, 0.6) is 0 Å². The first-order valence-electron chi connectivity index (χ1n) is 13.6. The van der Waals surface area contributed by atoms with Crippen LogP contribution in [0.3, 0.4) is 0 Å². The number of fused-ring (bicyclic) bond motifs is 2. The van der Waals surface area contributed by atoms with Gasteiger partial charge in [-0.05, 0) is 76.0 Å². The van der Waals surface area contributed by atoms with Gasteiger partial charge in [-0.2, -0.15) is 0 Å². The average Bonchev–Trinajstić information content (AvgIpc) is 3.47. The van der Waals surface area contributed by atoms with Gasteiger partial charge >= 0.3 is 24.1 Å². The van der Waals surface area contributed by atoms with Gasteiger partial charge in [0.1, 0.15) is 25.4 Å².